The minimum absolute atomic E-state index is 0.0969. The molecule has 1 amide bonds. The van der Waals surface area contributed by atoms with Gasteiger partial charge in [-0.1, -0.05) is 42.5 Å². The summed E-state index contributed by atoms with van der Waals surface area (Å²) in [5.41, 5.74) is 3.17. The Morgan fingerprint density at radius 1 is 1.13 bits per heavy atom. The predicted molar refractivity (Wildman–Crippen MR) is 119 cm³/mol. The van der Waals surface area contributed by atoms with Crippen LogP contribution in [0.4, 0.5) is 11.6 Å². The van der Waals surface area contributed by atoms with Crippen LogP contribution in [-0.4, -0.2) is 48.0 Å². The maximum absolute atomic E-state index is 13.1. The van der Waals surface area contributed by atoms with Crippen LogP contribution in [0.5, 0.6) is 5.75 Å². The predicted octanol–water partition coefficient (Wildman–Crippen LogP) is 3.21. The molecule has 1 saturated heterocycles. The van der Waals surface area contributed by atoms with E-state index in [0.29, 0.717) is 13.1 Å². The van der Waals surface area contributed by atoms with Crippen molar-refractivity contribution < 1.29 is 9.53 Å². The highest BCUT2D eigenvalue weighted by atomic mass is 16.5. The van der Waals surface area contributed by atoms with E-state index in [4.69, 9.17) is 4.74 Å². The molecule has 0 spiro atoms. The number of amides is 1. The molecule has 31 heavy (non-hydrogen) atoms. The zero-order chi connectivity index (χ0) is 21.4. The third-order valence-electron chi connectivity index (χ3n) is 6.10. The Hall–Kier alpha value is -3.61. The summed E-state index contributed by atoms with van der Waals surface area (Å²) in [4.78, 5) is 26.3. The monoisotopic (exact) mass is 415 g/mol. The molecule has 5 rings (SSSR count). The van der Waals surface area contributed by atoms with Crippen LogP contribution in [0.25, 0.3) is 0 Å². The van der Waals surface area contributed by atoms with Crippen LogP contribution in [-0.2, 0) is 11.3 Å². The van der Waals surface area contributed by atoms with Gasteiger partial charge in [-0.3, -0.25) is 4.79 Å². The highest BCUT2D eigenvalue weighted by molar-refractivity contribution is 5.93. The van der Waals surface area contributed by atoms with Gasteiger partial charge in [0.2, 0.25) is 5.91 Å². The van der Waals surface area contributed by atoms with E-state index in [9.17, 15) is 4.79 Å². The summed E-state index contributed by atoms with van der Waals surface area (Å²) in [6.45, 7) is 2.04. The van der Waals surface area contributed by atoms with E-state index in [0.717, 1.165) is 35.1 Å². The molecule has 0 bridgehead atoms. The van der Waals surface area contributed by atoms with Gasteiger partial charge in [-0.15, -0.1) is 0 Å². The van der Waals surface area contributed by atoms with Crippen molar-refractivity contribution in [2.75, 3.05) is 37.5 Å². The molecule has 158 valence electrons. The summed E-state index contributed by atoms with van der Waals surface area (Å²) in [6.07, 6.45) is 1.60. The number of anilines is 2. The van der Waals surface area contributed by atoms with Gasteiger partial charge in [0, 0.05) is 26.7 Å². The van der Waals surface area contributed by atoms with Gasteiger partial charge in [-0.05, 0) is 23.3 Å². The van der Waals surface area contributed by atoms with Crippen molar-refractivity contribution in [1.29, 1.82) is 0 Å². The smallest absolute Gasteiger partial charge is 0.233 e. The van der Waals surface area contributed by atoms with Gasteiger partial charge < -0.3 is 19.9 Å². The van der Waals surface area contributed by atoms with E-state index in [1.54, 1.807) is 13.4 Å². The lowest BCUT2D eigenvalue weighted by Gasteiger charge is -2.47. The molecular weight excluding hydrogens is 390 g/mol. The second-order valence-corrected chi connectivity index (χ2v) is 7.96. The minimum Gasteiger partial charge on any atom is -0.497 e. The van der Waals surface area contributed by atoms with Crippen molar-refractivity contribution >= 4 is 17.5 Å². The van der Waals surface area contributed by atoms with Crippen LogP contribution in [0.1, 0.15) is 28.7 Å². The molecule has 0 radical (unpaired) electrons. The zero-order valence-electron chi connectivity index (χ0n) is 17.7. The fourth-order valence-electron chi connectivity index (χ4n) is 4.59. The van der Waals surface area contributed by atoms with Crippen molar-refractivity contribution in [1.82, 2.24) is 14.9 Å². The fourth-order valence-corrected chi connectivity index (χ4v) is 4.59. The van der Waals surface area contributed by atoms with Crippen LogP contribution >= 0.6 is 0 Å². The van der Waals surface area contributed by atoms with Gasteiger partial charge in [0.1, 0.15) is 23.7 Å². The van der Waals surface area contributed by atoms with Crippen molar-refractivity contribution in [3.05, 3.63) is 77.6 Å². The normalized spacial score (nSPS) is 19.4. The van der Waals surface area contributed by atoms with Gasteiger partial charge >= 0.3 is 0 Å². The van der Waals surface area contributed by atoms with E-state index in [-0.39, 0.29) is 17.9 Å². The highest BCUT2D eigenvalue weighted by Crippen LogP contribution is 2.51. The molecule has 0 saturated carbocycles. The van der Waals surface area contributed by atoms with E-state index in [1.165, 1.54) is 5.56 Å². The molecule has 0 aliphatic carbocycles. The number of benzene rings is 2. The summed E-state index contributed by atoms with van der Waals surface area (Å²) in [7, 11) is 3.68. The quantitative estimate of drug-likeness (QED) is 0.646. The third kappa shape index (κ3) is 3.36. The molecule has 7 nitrogen and oxygen atoms in total. The lowest BCUT2D eigenvalue weighted by Crippen LogP contribution is -2.53. The van der Waals surface area contributed by atoms with Crippen LogP contribution < -0.4 is 15.0 Å². The zero-order valence-corrected chi connectivity index (χ0v) is 17.7. The number of hydrogen-bond acceptors (Lipinski definition) is 6. The van der Waals surface area contributed by atoms with Crippen LogP contribution in [0.15, 0.2) is 60.9 Å². The Labute approximate surface area is 181 Å². The number of carbonyl (C=O) groups is 1. The number of nitrogens with one attached hydrogen (secondary N) is 1. The summed E-state index contributed by atoms with van der Waals surface area (Å²) in [5.74, 6) is 2.33. The van der Waals surface area contributed by atoms with Gasteiger partial charge in [0.15, 0.2) is 0 Å². The first-order valence-electron chi connectivity index (χ1n) is 10.5. The van der Waals surface area contributed by atoms with Crippen LogP contribution in [0.3, 0.4) is 0 Å². The first-order valence-corrected chi connectivity index (χ1v) is 10.5. The summed E-state index contributed by atoms with van der Waals surface area (Å²) < 4.78 is 5.29. The third-order valence-corrected chi connectivity index (χ3v) is 6.10. The van der Waals surface area contributed by atoms with E-state index in [2.05, 4.69) is 32.3 Å². The molecule has 1 aromatic heterocycles. The number of nitrogens with zero attached hydrogens (tertiary/aromatic N) is 4. The summed E-state index contributed by atoms with van der Waals surface area (Å²) in [6, 6.07) is 18.0. The van der Waals surface area contributed by atoms with Crippen molar-refractivity contribution in [2.24, 2.45) is 0 Å². The number of methoxy groups -OCH3 is 1. The lowest BCUT2D eigenvalue weighted by atomic mass is 9.78. The van der Waals surface area contributed by atoms with E-state index in [1.807, 2.05) is 54.4 Å². The second kappa shape index (κ2) is 7.91. The number of ether oxygens (including phenoxy) is 1. The molecule has 3 aromatic rings. The largest absolute Gasteiger partial charge is 0.497 e. The molecular formula is C24H25N5O2. The Bertz CT molecular complexity index is 1090. The van der Waals surface area contributed by atoms with Crippen LogP contribution in [0.2, 0.25) is 0 Å². The SMILES string of the molecule is COc1ccc([C@@H]2C(=O)N3CCNc4ncnc(N(C)Cc5ccccc5)c4[C@@H]23)cc1. The van der Waals surface area contributed by atoms with Gasteiger partial charge in [0.05, 0.1) is 24.6 Å². The van der Waals surface area contributed by atoms with E-state index < -0.39 is 0 Å². The number of rotatable bonds is 5. The number of aromatic nitrogens is 2. The molecule has 1 N–H and O–H groups in total. The van der Waals surface area contributed by atoms with Crippen LogP contribution in [0, 0.1) is 0 Å². The van der Waals surface area contributed by atoms with Gasteiger partial charge in [-0.2, -0.15) is 0 Å². The lowest BCUT2D eigenvalue weighted by molar-refractivity contribution is -0.149. The molecule has 2 atom stereocenters. The first-order chi connectivity index (χ1) is 15.2. The fraction of sp³-hybridized carbons (Fsp3) is 0.292. The molecule has 2 aromatic carbocycles. The number of hydrogen-bond donors (Lipinski definition) is 1. The van der Waals surface area contributed by atoms with E-state index >= 15 is 0 Å². The summed E-state index contributed by atoms with van der Waals surface area (Å²) in [5, 5.41) is 3.40. The summed E-state index contributed by atoms with van der Waals surface area (Å²) >= 11 is 0. The molecule has 1 fully saturated rings. The molecule has 3 heterocycles. The molecule has 7 heteroatoms. The number of fused-ring (bicyclic) bond motifs is 3. The molecule has 0 unspecified atom stereocenters. The van der Waals surface area contributed by atoms with Gasteiger partial charge in [-0.25, -0.2) is 9.97 Å². The number of carbonyl (C=O) groups excluding carboxylic acids is 1. The minimum atomic E-state index is -0.251. The van der Waals surface area contributed by atoms with Crippen molar-refractivity contribution in [3.8, 4) is 5.75 Å². The van der Waals surface area contributed by atoms with Gasteiger partial charge in [0.25, 0.3) is 0 Å². The number of β-lactam (4-membered cyclic amide) rings is 1. The second-order valence-electron chi connectivity index (χ2n) is 7.96. The Morgan fingerprint density at radius 3 is 2.65 bits per heavy atom. The average Bonchev–Trinajstić information content (AvgIpc) is 2.97. The Morgan fingerprint density at radius 2 is 1.90 bits per heavy atom. The molecule has 2 aliphatic heterocycles. The van der Waals surface area contributed by atoms with Crippen molar-refractivity contribution in [2.45, 2.75) is 18.5 Å². The maximum atomic E-state index is 13.1. The standard InChI is InChI=1S/C24H25N5O2/c1-28(14-16-6-4-3-5-7-16)23-20-21-19(17-8-10-18(31-2)11-9-17)24(30)29(21)13-12-25-22(20)26-15-27-23/h3-11,15,19,21H,12-14H2,1-2H3,(H,25,26,27)/t19-,21+/m0/s1. The Kier molecular flexibility index (Phi) is 4.94. The Balaban J connectivity index is 1.54. The van der Waals surface area contributed by atoms with Crippen molar-refractivity contribution in [3.63, 3.8) is 0 Å². The topological polar surface area (TPSA) is 70.6 Å². The maximum Gasteiger partial charge on any atom is 0.233 e. The molecule has 2 aliphatic rings. The average molecular weight is 415 g/mol. The first kappa shape index (κ1) is 19.4. The highest BCUT2D eigenvalue weighted by Gasteiger charge is 2.51.